The minimum Gasteiger partial charge on any atom is -0.378 e. The maximum absolute atomic E-state index is 5.23. The van der Waals surface area contributed by atoms with Gasteiger partial charge in [0.1, 0.15) is 5.82 Å². The number of rotatable bonds is 6. The van der Waals surface area contributed by atoms with Crippen LogP contribution in [-0.4, -0.2) is 23.6 Å². The lowest BCUT2D eigenvalue weighted by Gasteiger charge is -2.12. The van der Waals surface area contributed by atoms with Crippen molar-refractivity contribution in [2.45, 2.75) is 26.9 Å². The van der Waals surface area contributed by atoms with Gasteiger partial charge in [-0.3, -0.25) is 0 Å². The Morgan fingerprint density at radius 1 is 1.35 bits per heavy atom. The standard InChI is InChI=1S/C14H18BrN3OS/c1-4-5-16-14-12(15)11(6-19-3)17-13(18-14)10-8-20-7-9(10)2/h7-8H,4-6H2,1-3H3,(H,16,17,18). The molecule has 1 N–H and O–H groups in total. The van der Waals surface area contributed by atoms with Crippen LogP contribution in [0.5, 0.6) is 0 Å². The lowest BCUT2D eigenvalue weighted by Crippen LogP contribution is -2.08. The quantitative estimate of drug-likeness (QED) is 0.841. The van der Waals surface area contributed by atoms with Crippen molar-refractivity contribution < 1.29 is 4.74 Å². The van der Waals surface area contributed by atoms with Crippen molar-refractivity contribution in [3.05, 3.63) is 26.5 Å². The van der Waals surface area contributed by atoms with Crippen LogP contribution in [0.2, 0.25) is 0 Å². The van der Waals surface area contributed by atoms with Gasteiger partial charge in [0.05, 0.1) is 16.8 Å². The van der Waals surface area contributed by atoms with Gasteiger partial charge in [-0.2, -0.15) is 11.3 Å². The van der Waals surface area contributed by atoms with Gasteiger partial charge in [-0.15, -0.1) is 0 Å². The average Bonchev–Trinajstić information content (AvgIpc) is 2.86. The molecule has 0 atom stereocenters. The molecule has 0 unspecified atom stereocenters. The minimum atomic E-state index is 0.458. The monoisotopic (exact) mass is 355 g/mol. The first kappa shape index (κ1) is 15.4. The van der Waals surface area contributed by atoms with E-state index in [0.29, 0.717) is 6.61 Å². The van der Waals surface area contributed by atoms with Gasteiger partial charge in [-0.1, -0.05) is 6.92 Å². The summed E-state index contributed by atoms with van der Waals surface area (Å²) in [5.74, 6) is 1.58. The molecule has 0 aliphatic heterocycles. The van der Waals surface area contributed by atoms with Crippen LogP contribution in [0.4, 0.5) is 5.82 Å². The third-order valence-electron chi connectivity index (χ3n) is 2.84. The molecule has 2 heterocycles. The van der Waals surface area contributed by atoms with Crippen LogP contribution in [0, 0.1) is 6.92 Å². The Morgan fingerprint density at radius 3 is 2.75 bits per heavy atom. The predicted octanol–water partition coefficient (Wildman–Crippen LogP) is 4.24. The number of nitrogens with one attached hydrogen (secondary N) is 1. The van der Waals surface area contributed by atoms with Crippen molar-refractivity contribution in [2.24, 2.45) is 0 Å². The molecule has 0 aromatic carbocycles. The fraction of sp³-hybridized carbons (Fsp3) is 0.429. The zero-order chi connectivity index (χ0) is 14.5. The second-order valence-corrected chi connectivity index (χ2v) is 6.02. The highest BCUT2D eigenvalue weighted by Crippen LogP contribution is 2.30. The molecule has 2 aromatic heterocycles. The molecule has 0 aliphatic rings. The van der Waals surface area contributed by atoms with Crippen LogP contribution in [0.25, 0.3) is 11.4 Å². The van der Waals surface area contributed by atoms with Crippen LogP contribution in [0.15, 0.2) is 15.2 Å². The molecule has 0 fully saturated rings. The predicted molar refractivity (Wildman–Crippen MR) is 87.3 cm³/mol. The largest absolute Gasteiger partial charge is 0.378 e. The van der Waals surface area contributed by atoms with Crippen molar-refractivity contribution >= 4 is 33.1 Å². The topological polar surface area (TPSA) is 47.0 Å². The van der Waals surface area contributed by atoms with Crippen molar-refractivity contribution in [1.29, 1.82) is 0 Å². The van der Waals surface area contributed by atoms with E-state index < -0.39 is 0 Å². The van der Waals surface area contributed by atoms with Gasteiger partial charge < -0.3 is 10.1 Å². The van der Waals surface area contributed by atoms with Crippen molar-refractivity contribution in [2.75, 3.05) is 19.0 Å². The van der Waals surface area contributed by atoms with E-state index in [1.807, 2.05) is 0 Å². The highest BCUT2D eigenvalue weighted by molar-refractivity contribution is 9.10. The number of aryl methyl sites for hydroxylation is 1. The zero-order valence-electron chi connectivity index (χ0n) is 11.9. The molecule has 108 valence electrons. The number of hydrogen-bond donors (Lipinski definition) is 1. The second kappa shape index (κ2) is 7.15. The highest BCUT2D eigenvalue weighted by Gasteiger charge is 2.14. The third kappa shape index (κ3) is 3.37. The Morgan fingerprint density at radius 2 is 2.15 bits per heavy atom. The van der Waals surface area contributed by atoms with Gasteiger partial charge in [-0.25, -0.2) is 9.97 Å². The smallest absolute Gasteiger partial charge is 0.163 e. The van der Waals surface area contributed by atoms with E-state index in [1.165, 1.54) is 5.56 Å². The van der Waals surface area contributed by atoms with Crippen LogP contribution in [0.1, 0.15) is 24.6 Å². The van der Waals surface area contributed by atoms with Gasteiger partial charge in [0, 0.05) is 24.6 Å². The molecule has 0 saturated heterocycles. The van der Waals surface area contributed by atoms with Gasteiger partial charge in [0.15, 0.2) is 5.82 Å². The Hall–Kier alpha value is -0.980. The molecule has 6 heteroatoms. The molecular weight excluding hydrogens is 338 g/mol. The highest BCUT2D eigenvalue weighted by atomic mass is 79.9. The van der Waals surface area contributed by atoms with Gasteiger partial charge in [0.2, 0.25) is 0 Å². The maximum atomic E-state index is 5.23. The summed E-state index contributed by atoms with van der Waals surface area (Å²) in [7, 11) is 1.67. The molecule has 0 radical (unpaired) electrons. The summed E-state index contributed by atoms with van der Waals surface area (Å²) in [4.78, 5) is 9.26. The third-order valence-corrected chi connectivity index (χ3v) is 4.53. The molecule has 0 spiro atoms. The SMILES string of the molecule is CCCNc1nc(-c2cscc2C)nc(COC)c1Br. The van der Waals surface area contributed by atoms with E-state index in [9.17, 15) is 0 Å². The molecule has 0 bridgehead atoms. The number of hydrogen-bond acceptors (Lipinski definition) is 5. The first-order chi connectivity index (χ1) is 9.67. The van der Waals surface area contributed by atoms with Crippen LogP contribution in [-0.2, 0) is 11.3 Å². The summed E-state index contributed by atoms with van der Waals surface area (Å²) < 4.78 is 6.10. The summed E-state index contributed by atoms with van der Waals surface area (Å²) in [5.41, 5.74) is 3.14. The normalized spacial score (nSPS) is 10.8. The van der Waals surface area contributed by atoms with E-state index in [0.717, 1.165) is 40.3 Å². The second-order valence-electron chi connectivity index (χ2n) is 4.48. The first-order valence-corrected chi connectivity index (χ1v) is 8.23. The van der Waals surface area contributed by atoms with E-state index in [-0.39, 0.29) is 0 Å². The van der Waals surface area contributed by atoms with Crippen LogP contribution >= 0.6 is 27.3 Å². The fourth-order valence-corrected chi connectivity index (χ4v) is 3.05. The first-order valence-electron chi connectivity index (χ1n) is 6.49. The Bertz CT molecular complexity index is 586. The van der Waals surface area contributed by atoms with E-state index in [1.54, 1.807) is 18.4 Å². The average molecular weight is 356 g/mol. The lowest BCUT2D eigenvalue weighted by molar-refractivity contribution is 0.181. The molecule has 2 rings (SSSR count). The number of ether oxygens (including phenoxy) is 1. The summed E-state index contributed by atoms with van der Waals surface area (Å²) in [6.45, 7) is 5.54. The molecule has 0 saturated carbocycles. The maximum Gasteiger partial charge on any atom is 0.163 e. The van der Waals surface area contributed by atoms with Gasteiger partial charge in [-0.05, 0) is 40.2 Å². The number of thiophene rings is 1. The molecule has 2 aromatic rings. The van der Waals surface area contributed by atoms with Crippen molar-refractivity contribution in [3.8, 4) is 11.4 Å². The molecule has 0 aliphatic carbocycles. The molecule has 20 heavy (non-hydrogen) atoms. The molecule has 4 nitrogen and oxygen atoms in total. The van der Waals surface area contributed by atoms with Crippen LogP contribution in [0.3, 0.4) is 0 Å². The molecule has 0 amide bonds. The van der Waals surface area contributed by atoms with Crippen molar-refractivity contribution in [3.63, 3.8) is 0 Å². The number of aromatic nitrogens is 2. The van der Waals surface area contributed by atoms with E-state index in [2.05, 4.69) is 55.8 Å². The number of halogens is 1. The summed E-state index contributed by atoms with van der Waals surface area (Å²) >= 11 is 5.23. The number of nitrogens with zero attached hydrogens (tertiary/aromatic N) is 2. The number of methoxy groups -OCH3 is 1. The Kier molecular flexibility index (Phi) is 5.51. The molecular formula is C14H18BrN3OS. The van der Waals surface area contributed by atoms with Gasteiger partial charge in [0.25, 0.3) is 0 Å². The summed E-state index contributed by atoms with van der Waals surface area (Å²) in [6.07, 6.45) is 1.04. The van der Waals surface area contributed by atoms with Crippen molar-refractivity contribution in [1.82, 2.24) is 9.97 Å². The summed E-state index contributed by atoms with van der Waals surface area (Å²) in [6, 6.07) is 0. The number of anilines is 1. The zero-order valence-corrected chi connectivity index (χ0v) is 14.3. The Labute approximate surface area is 131 Å². The Balaban J connectivity index is 2.46. The van der Waals surface area contributed by atoms with E-state index in [4.69, 9.17) is 4.74 Å². The van der Waals surface area contributed by atoms with Crippen LogP contribution < -0.4 is 5.32 Å². The van der Waals surface area contributed by atoms with Gasteiger partial charge >= 0.3 is 0 Å². The lowest BCUT2D eigenvalue weighted by atomic mass is 10.2. The minimum absolute atomic E-state index is 0.458. The van der Waals surface area contributed by atoms with E-state index >= 15 is 0 Å². The summed E-state index contributed by atoms with van der Waals surface area (Å²) in [5, 5.41) is 7.52. The fourth-order valence-electron chi connectivity index (χ4n) is 1.80.